The molecule has 0 bridgehead atoms. The van der Waals surface area contributed by atoms with E-state index >= 15 is 0 Å². The molecular formula is C16H14N4O2. The molecule has 1 aromatic rings. The van der Waals surface area contributed by atoms with E-state index in [1.807, 2.05) is 42.5 Å². The Hall–Kier alpha value is -2.80. The number of aliphatic hydroxyl groups excluding tert-OH is 1. The molecule has 1 N–H and O–H groups in total. The van der Waals surface area contributed by atoms with Gasteiger partial charge in [0.05, 0.1) is 30.7 Å². The van der Waals surface area contributed by atoms with Gasteiger partial charge in [-0.3, -0.25) is 0 Å². The summed E-state index contributed by atoms with van der Waals surface area (Å²) in [6.45, 7) is -0.246. The molecule has 22 heavy (non-hydrogen) atoms. The Morgan fingerprint density at radius 2 is 2.00 bits per heavy atom. The van der Waals surface area contributed by atoms with Gasteiger partial charge in [0.1, 0.15) is 12.0 Å². The highest BCUT2D eigenvalue weighted by Crippen LogP contribution is 2.31. The zero-order valence-corrected chi connectivity index (χ0v) is 11.8. The van der Waals surface area contributed by atoms with Crippen molar-refractivity contribution < 1.29 is 9.84 Å². The molecule has 2 rings (SSSR count). The summed E-state index contributed by atoms with van der Waals surface area (Å²) in [6.07, 6.45) is 4.60. The lowest BCUT2D eigenvalue weighted by atomic mass is 9.85. The SMILES string of the molecule is N#CC1C=C(N=Nc2ccccc2)C=CC1(C#N)OCCO. The third-order valence-corrected chi connectivity index (χ3v) is 3.08. The van der Waals surface area contributed by atoms with Gasteiger partial charge in [-0.05, 0) is 30.4 Å². The lowest BCUT2D eigenvalue weighted by molar-refractivity contribution is -0.00286. The number of hydrogen-bond acceptors (Lipinski definition) is 6. The molecule has 0 aliphatic heterocycles. The number of benzene rings is 1. The van der Waals surface area contributed by atoms with Crippen molar-refractivity contribution in [3.05, 3.63) is 54.3 Å². The molecule has 2 unspecified atom stereocenters. The van der Waals surface area contributed by atoms with E-state index in [4.69, 9.17) is 9.84 Å². The van der Waals surface area contributed by atoms with Crippen molar-refractivity contribution in [2.75, 3.05) is 13.2 Å². The Bertz CT molecular complexity index is 682. The van der Waals surface area contributed by atoms with Crippen LogP contribution in [0.1, 0.15) is 0 Å². The van der Waals surface area contributed by atoms with Crippen LogP contribution in [0.15, 0.2) is 64.5 Å². The summed E-state index contributed by atoms with van der Waals surface area (Å²) in [6, 6.07) is 13.2. The molecule has 110 valence electrons. The van der Waals surface area contributed by atoms with Crippen LogP contribution in [-0.4, -0.2) is 23.9 Å². The number of allylic oxidation sites excluding steroid dienone is 1. The molecule has 1 aliphatic carbocycles. The normalized spacial score (nSPS) is 23.8. The maximum absolute atomic E-state index is 9.32. The van der Waals surface area contributed by atoms with Gasteiger partial charge in [0.2, 0.25) is 0 Å². The van der Waals surface area contributed by atoms with Crippen LogP contribution >= 0.6 is 0 Å². The van der Waals surface area contributed by atoms with Crippen LogP contribution in [0.5, 0.6) is 0 Å². The minimum absolute atomic E-state index is 0.0230. The van der Waals surface area contributed by atoms with Gasteiger partial charge >= 0.3 is 0 Å². The molecule has 0 spiro atoms. The molecule has 0 heterocycles. The third kappa shape index (κ3) is 3.44. The quantitative estimate of drug-likeness (QED) is 0.843. The molecular weight excluding hydrogens is 280 g/mol. The van der Waals surface area contributed by atoms with Crippen molar-refractivity contribution in [2.24, 2.45) is 16.1 Å². The fraction of sp³-hybridized carbons (Fsp3) is 0.250. The fourth-order valence-corrected chi connectivity index (χ4v) is 1.96. The largest absolute Gasteiger partial charge is 0.394 e. The van der Waals surface area contributed by atoms with Gasteiger partial charge in [0.15, 0.2) is 5.60 Å². The van der Waals surface area contributed by atoms with Crippen LogP contribution < -0.4 is 0 Å². The van der Waals surface area contributed by atoms with Crippen LogP contribution in [0, 0.1) is 28.6 Å². The van der Waals surface area contributed by atoms with Crippen LogP contribution in [0.2, 0.25) is 0 Å². The maximum atomic E-state index is 9.32. The minimum atomic E-state index is -1.40. The summed E-state index contributed by atoms with van der Waals surface area (Å²) in [5.41, 5.74) is -0.226. The smallest absolute Gasteiger partial charge is 0.192 e. The van der Waals surface area contributed by atoms with Crippen LogP contribution in [0.3, 0.4) is 0 Å². The summed E-state index contributed by atoms with van der Waals surface area (Å²) in [7, 11) is 0. The monoisotopic (exact) mass is 294 g/mol. The highest BCUT2D eigenvalue weighted by Gasteiger charge is 2.39. The van der Waals surface area contributed by atoms with Gasteiger partial charge in [-0.25, -0.2) is 0 Å². The summed E-state index contributed by atoms with van der Waals surface area (Å²) >= 11 is 0. The van der Waals surface area contributed by atoms with E-state index in [-0.39, 0.29) is 13.2 Å². The number of azo groups is 1. The zero-order valence-electron chi connectivity index (χ0n) is 11.8. The molecule has 0 saturated heterocycles. The molecule has 0 fully saturated rings. The Labute approximate surface area is 128 Å². The Morgan fingerprint density at radius 1 is 1.23 bits per heavy atom. The van der Waals surface area contributed by atoms with Gasteiger partial charge in [-0.1, -0.05) is 18.2 Å². The molecule has 1 aromatic carbocycles. The van der Waals surface area contributed by atoms with Gasteiger partial charge in [0.25, 0.3) is 0 Å². The number of nitrogens with zero attached hydrogens (tertiary/aromatic N) is 4. The van der Waals surface area contributed by atoms with E-state index in [0.717, 1.165) is 0 Å². The highest BCUT2D eigenvalue weighted by atomic mass is 16.5. The average Bonchev–Trinajstić information content (AvgIpc) is 2.59. The van der Waals surface area contributed by atoms with Crippen molar-refractivity contribution >= 4 is 5.69 Å². The lowest BCUT2D eigenvalue weighted by Crippen LogP contribution is -2.38. The van der Waals surface area contributed by atoms with E-state index in [1.165, 1.54) is 12.2 Å². The Kier molecular flexibility index (Phi) is 5.16. The predicted molar refractivity (Wildman–Crippen MR) is 78.7 cm³/mol. The van der Waals surface area contributed by atoms with Crippen molar-refractivity contribution in [3.8, 4) is 12.1 Å². The van der Waals surface area contributed by atoms with Crippen LogP contribution in [0.4, 0.5) is 5.69 Å². The number of aliphatic hydroxyl groups is 1. The van der Waals surface area contributed by atoms with Gasteiger partial charge in [-0.15, -0.1) is 0 Å². The molecule has 2 atom stereocenters. The molecule has 6 nitrogen and oxygen atoms in total. The molecule has 0 radical (unpaired) electrons. The van der Waals surface area contributed by atoms with E-state index in [2.05, 4.69) is 10.2 Å². The van der Waals surface area contributed by atoms with Gasteiger partial charge in [-0.2, -0.15) is 20.8 Å². The Morgan fingerprint density at radius 3 is 2.64 bits per heavy atom. The average molecular weight is 294 g/mol. The Balaban J connectivity index is 2.19. The van der Waals surface area contributed by atoms with Crippen molar-refractivity contribution in [1.82, 2.24) is 0 Å². The van der Waals surface area contributed by atoms with Crippen LogP contribution in [-0.2, 0) is 4.74 Å². The number of hydrogen-bond donors (Lipinski definition) is 1. The second kappa shape index (κ2) is 7.28. The van der Waals surface area contributed by atoms with Gasteiger partial charge < -0.3 is 9.84 Å². The summed E-state index contributed by atoms with van der Waals surface area (Å²) in [5.74, 6) is -0.821. The minimum Gasteiger partial charge on any atom is -0.394 e. The summed E-state index contributed by atoms with van der Waals surface area (Å²) < 4.78 is 5.35. The first-order valence-corrected chi connectivity index (χ1v) is 6.67. The molecule has 1 aliphatic rings. The predicted octanol–water partition coefficient (Wildman–Crippen LogP) is 2.64. The first-order chi connectivity index (χ1) is 10.7. The topological polar surface area (TPSA) is 102 Å². The first kappa shape index (κ1) is 15.6. The van der Waals surface area contributed by atoms with Gasteiger partial charge in [0, 0.05) is 0 Å². The maximum Gasteiger partial charge on any atom is 0.192 e. The second-order valence-electron chi connectivity index (χ2n) is 4.54. The molecule has 0 aromatic heterocycles. The van der Waals surface area contributed by atoms with E-state index < -0.39 is 11.5 Å². The van der Waals surface area contributed by atoms with Crippen LogP contribution in [0.25, 0.3) is 0 Å². The lowest BCUT2D eigenvalue weighted by Gasteiger charge is -2.28. The summed E-state index contributed by atoms with van der Waals surface area (Å²) in [4.78, 5) is 0. The summed E-state index contributed by atoms with van der Waals surface area (Å²) in [5, 5.41) is 35.6. The molecule has 0 amide bonds. The highest BCUT2D eigenvalue weighted by molar-refractivity contribution is 5.39. The molecule has 6 heteroatoms. The van der Waals surface area contributed by atoms with Crippen molar-refractivity contribution in [1.29, 1.82) is 10.5 Å². The van der Waals surface area contributed by atoms with Crippen molar-refractivity contribution in [2.45, 2.75) is 5.60 Å². The number of rotatable bonds is 5. The standard InChI is InChI=1S/C16H14N4O2/c17-11-13-10-15(20-19-14-4-2-1-3-5-14)6-7-16(13,12-18)22-9-8-21/h1-7,10,13,21H,8-9H2. The van der Waals surface area contributed by atoms with Crippen molar-refractivity contribution in [3.63, 3.8) is 0 Å². The molecule has 0 saturated carbocycles. The second-order valence-corrected chi connectivity index (χ2v) is 4.54. The van der Waals surface area contributed by atoms with E-state index in [9.17, 15) is 10.5 Å². The third-order valence-electron chi connectivity index (χ3n) is 3.08. The number of ether oxygens (including phenoxy) is 1. The zero-order chi connectivity index (χ0) is 15.8. The number of nitriles is 2. The fourth-order valence-electron chi connectivity index (χ4n) is 1.96. The first-order valence-electron chi connectivity index (χ1n) is 6.67. The van der Waals surface area contributed by atoms with E-state index in [1.54, 1.807) is 6.08 Å². The van der Waals surface area contributed by atoms with E-state index in [0.29, 0.717) is 11.4 Å².